The number of ether oxygens (including phenoxy) is 1. The second kappa shape index (κ2) is 8.06. The van der Waals surface area contributed by atoms with Crippen LogP contribution in [0, 0.1) is 0 Å². The fraction of sp³-hybridized carbons (Fsp3) is 1.00. The number of methoxy groups -OCH3 is 1. The first kappa shape index (κ1) is 17.8. The van der Waals surface area contributed by atoms with Gasteiger partial charge in [-0.05, 0) is 13.3 Å². The molecule has 110 valence electrons. The summed E-state index contributed by atoms with van der Waals surface area (Å²) < 4.78 is 32.2. The molecule has 0 rings (SSSR count). The van der Waals surface area contributed by atoms with Gasteiger partial charge in [-0.25, -0.2) is 0 Å². The van der Waals surface area contributed by atoms with Crippen LogP contribution in [0.15, 0.2) is 0 Å². The Hall–Kier alpha value is -0.210. The van der Waals surface area contributed by atoms with Gasteiger partial charge in [0, 0.05) is 40.3 Å². The van der Waals surface area contributed by atoms with Crippen LogP contribution in [0.2, 0.25) is 0 Å². The summed E-state index contributed by atoms with van der Waals surface area (Å²) in [6.45, 7) is 4.44. The Balaban J connectivity index is 4.24. The Kier molecular flexibility index (Phi) is 7.97. The van der Waals surface area contributed by atoms with Gasteiger partial charge in [-0.1, -0.05) is 13.3 Å². The minimum atomic E-state index is -3.51. The molecule has 0 radical (unpaired) electrons. The van der Waals surface area contributed by atoms with Crippen molar-refractivity contribution in [2.75, 3.05) is 33.9 Å². The maximum atomic E-state index is 11.8. The van der Waals surface area contributed by atoms with Gasteiger partial charge in [0.2, 0.25) is 0 Å². The molecule has 0 aromatic carbocycles. The molecule has 0 aliphatic rings. The van der Waals surface area contributed by atoms with E-state index in [9.17, 15) is 13.5 Å². The number of hydrogen-bond donors (Lipinski definition) is 2. The summed E-state index contributed by atoms with van der Waals surface area (Å²) in [6, 6.07) is 0. The van der Waals surface area contributed by atoms with Gasteiger partial charge in [0.25, 0.3) is 10.2 Å². The third-order valence-corrected chi connectivity index (χ3v) is 4.23. The van der Waals surface area contributed by atoms with E-state index >= 15 is 0 Å². The minimum absolute atomic E-state index is 0.0187. The molecule has 0 aliphatic carbocycles. The molecule has 7 heteroatoms. The molecular formula is C11H26N2O4S. The lowest BCUT2D eigenvalue weighted by Gasteiger charge is -2.25. The average Bonchev–Trinajstić information content (AvgIpc) is 2.31. The molecule has 0 aliphatic heterocycles. The predicted octanol–water partition coefficient (Wildman–Crippen LogP) is 0.340. The Morgan fingerprint density at radius 1 is 1.44 bits per heavy atom. The number of rotatable bonds is 10. The summed E-state index contributed by atoms with van der Waals surface area (Å²) in [5.74, 6) is 0. The van der Waals surface area contributed by atoms with Crippen molar-refractivity contribution < 1.29 is 18.3 Å². The fourth-order valence-electron chi connectivity index (χ4n) is 1.27. The van der Waals surface area contributed by atoms with Gasteiger partial charge in [0.05, 0.1) is 5.60 Å². The minimum Gasteiger partial charge on any atom is -0.389 e. The lowest BCUT2D eigenvalue weighted by Crippen LogP contribution is -2.46. The Bertz CT molecular complexity index is 317. The highest BCUT2D eigenvalue weighted by atomic mass is 32.2. The number of nitrogens with zero attached hydrogens (tertiary/aromatic N) is 1. The smallest absolute Gasteiger partial charge is 0.279 e. The summed E-state index contributed by atoms with van der Waals surface area (Å²) in [6.07, 6.45) is 2.13. The first-order valence-electron chi connectivity index (χ1n) is 6.17. The van der Waals surface area contributed by atoms with E-state index in [1.54, 1.807) is 14.0 Å². The molecule has 1 atom stereocenters. The molecule has 0 heterocycles. The molecule has 0 amide bonds. The first-order valence-corrected chi connectivity index (χ1v) is 7.61. The fourth-order valence-corrected chi connectivity index (χ4v) is 2.35. The summed E-state index contributed by atoms with van der Waals surface area (Å²) >= 11 is 0. The highest BCUT2D eigenvalue weighted by molar-refractivity contribution is 7.87. The van der Waals surface area contributed by atoms with E-state index in [0.29, 0.717) is 19.6 Å². The number of nitrogens with one attached hydrogen (secondary N) is 1. The van der Waals surface area contributed by atoms with Crippen LogP contribution in [-0.2, 0) is 14.9 Å². The Morgan fingerprint density at radius 2 is 2.06 bits per heavy atom. The van der Waals surface area contributed by atoms with E-state index in [0.717, 1.165) is 12.8 Å². The van der Waals surface area contributed by atoms with Crippen molar-refractivity contribution in [3.05, 3.63) is 0 Å². The van der Waals surface area contributed by atoms with E-state index < -0.39 is 15.8 Å². The monoisotopic (exact) mass is 282 g/mol. The normalized spacial score (nSPS) is 15.9. The summed E-state index contributed by atoms with van der Waals surface area (Å²) in [5, 5.41) is 9.94. The van der Waals surface area contributed by atoms with Crippen molar-refractivity contribution in [3.63, 3.8) is 0 Å². The lowest BCUT2D eigenvalue weighted by atomic mass is 10.0. The van der Waals surface area contributed by atoms with E-state index in [4.69, 9.17) is 4.74 Å². The zero-order valence-electron chi connectivity index (χ0n) is 11.8. The summed E-state index contributed by atoms with van der Waals surface area (Å²) in [7, 11) is -0.438. The molecule has 0 fully saturated rings. The van der Waals surface area contributed by atoms with Crippen LogP contribution in [0.3, 0.4) is 0 Å². The third kappa shape index (κ3) is 7.27. The SMILES string of the molecule is CCCCN(C)S(=O)(=O)NCC(C)(O)CCOC. The molecule has 2 N–H and O–H groups in total. The van der Waals surface area contributed by atoms with Crippen LogP contribution in [0.5, 0.6) is 0 Å². The van der Waals surface area contributed by atoms with E-state index in [-0.39, 0.29) is 6.54 Å². The predicted molar refractivity (Wildman–Crippen MR) is 71.6 cm³/mol. The van der Waals surface area contributed by atoms with Crippen LogP contribution in [-0.4, -0.2) is 57.3 Å². The van der Waals surface area contributed by atoms with Gasteiger partial charge < -0.3 is 9.84 Å². The van der Waals surface area contributed by atoms with Crippen LogP contribution in [0.4, 0.5) is 0 Å². The molecular weight excluding hydrogens is 256 g/mol. The number of hydrogen-bond acceptors (Lipinski definition) is 4. The second-order valence-electron chi connectivity index (χ2n) is 4.74. The van der Waals surface area contributed by atoms with Gasteiger partial charge >= 0.3 is 0 Å². The van der Waals surface area contributed by atoms with Gasteiger partial charge in [-0.2, -0.15) is 17.4 Å². The topological polar surface area (TPSA) is 78.9 Å². The van der Waals surface area contributed by atoms with Crippen molar-refractivity contribution in [1.82, 2.24) is 9.03 Å². The molecule has 1 unspecified atom stereocenters. The molecule has 0 aromatic rings. The van der Waals surface area contributed by atoms with Crippen LogP contribution in [0.25, 0.3) is 0 Å². The average molecular weight is 282 g/mol. The maximum absolute atomic E-state index is 11.8. The van der Waals surface area contributed by atoms with Gasteiger partial charge in [-0.15, -0.1) is 0 Å². The maximum Gasteiger partial charge on any atom is 0.279 e. The first-order chi connectivity index (χ1) is 8.25. The zero-order chi connectivity index (χ0) is 14.2. The van der Waals surface area contributed by atoms with Crippen LogP contribution < -0.4 is 4.72 Å². The highest BCUT2D eigenvalue weighted by Crippen LogP contribution is 2.09. The van der Waals surface area contributed by atoms with Crippen molar-refractivity contribution in [2.45, 2.75) is 38.7 Å². The molecule has 0 aromatic heterocycles. The van der Waals surface area contributed by atoms with E-state index in [1.807, 2.05) is 6.92 Å². The van der Waals surface area contributed by atoms with E-state index in [1.165, 1.54) is 11.4 Å². The van der Waals surface area contributed by atoms with Gasteiger partial charge in [0.15, 0.2) is 0 Å². The highest BCUT2D eigenvalue weighted by Gasteiger charge is 2.24. The molecule has 18 heavy (non-hydrogen) atoms. The van der Waals surface area contributed by atoms with Crippen molar-refractivity contribution in [1.29, 1.82) is 0 Å². The summed E-state index contributed by atoms with van der Waals surface area (Å²) in [5.41, 5.74) is -1.10. The molecule has 0 spiro atoms. The standard InChI is InChI=1S/C11H26N2O4S/c1-5-6-8-13(3)18(15,16)12-10-11(2,14)7-9-17-4/h12,14H,5-10H2,1-4H3. The molecule has 0 saturated heterocycles. The van der Waals surface area contributed by atoms with E-state index in [2.05, 4.69) is 4.72 Å². The molecule has 0 bridgehead atoms. The van der Waals surface area contributed by atoms with Crippen molar-refractivity contribution in [2.24, 2.45) is 0 Å². The van der Waals surface area contributed by atoms with Gasteiger partial charge in [0.1, 0.15) is 0 Å². The summed E-state index contributed by atoms with van der Waals surface area (Å²) in [4.78, 5) is 0. The third-order valence-electron chi connectivity index (χ3n) is 2.72. The lowest BCUT2D eigenvalue weighted by molar-refractivity contribution is 0.0289. The van der Waals surface area contributed by atoms with Crippen LogP contribution in [0.1, 0.15) is 33.1 Å². The Labute approximate surface area is 111 Å². The largest absolute Gasteiger partial charge is 0.389 e. The van der Waals surface area contributed by atoms with Crippen LogP contribution >= 0.6 is 0 Å². The number of aliphatic hydroxyl groups is 1. The molecule has 6 nitrogen and oxygen atoms in total. The van der Waals surface area contributed by atoms with Crippen molar-refractivity contribution >= 4 is 10.2 Å². The van der Waals surface area contributed by atoms with Gasteiger partial charge in [-0.3, -0.25) is 0 Å². The zero-order valence-corrected chi connectivity index (χ0v) is 12.6. The quantitative estimate of drug-likeness (QED) is 0.605. The second-order valence-corrected chi connectivity index (χ2v) is 6.60. The Morgan fingerprint density at radius 3 is 2.56 bits per heavy atom. The molecule has 0 saturated carbocycles. The van der Waals surface area contributed by atoms with Crippen molar-refractivity contribution in [3.8, 4) is 0 Å². The number of unbranched alkanes of at least 4 members (excludes halogenated alkanes) is 1.